The second kappa shape index (κ2) is 4.75. The van der Waals surface area contributed by atoms with Crippen LogP contribution in [0.25, 0.3) is 5.57 Å². The molecule has 0 amide bonds. The summed E-state index contributed by atoms with van der Waals surface area (Å²) in [6.45, 7) is 0. The van der Waals surface area contributed by atoms with Gasteiger partial charge >= 0.3 is 0 Å². The van der Waals surface area contributed by atoms with Gasteiger partial charge in [0.25, 0.3) is 0 Å². The summed E-state index contributed by atoms with van der Waals surface area (Å²) < 4.78 is 1.98. The molecule has 82 valence electrons. The van der Waals surface area contributed by atoms with E-state index in [2.05, 4.69) is 30.5 Å². The summed E-state index contributed by atoms with van der Waals surface area (Å²) in [6.07, 6.45) is 5.71. The summed E-state index contributed by atoms with van der Waals surface area (Å²) in [5.41, 5.74) is 8.38. The Hall–Kier alpha value is -1.62. The third kappa shape index (κ3) is 3.21. The molecule has 0 atom stereocenters. The topological polar surface area (TPSA) is 62.1 Å². The van der Waals surface area contributed by atoms with Crippen molar-refractivity contribution in [2.24, 2.45) is 0 Å². The fraction of sp³-hybridized carbons (Fsp3) is 0.400. The number of nitrogens with one attached hydrogen (secondary N) is 2. The standard InChI is InChI=1S/C10H18N5/c1-14(2)6-8(7-15(3)4)10-9(11)5-12-13-10/h5-7H,11H2,1-4H3,(H,12,13)/q+1/p+1. The largest absolute Gasteiger partial charge is 0.396 e. The zero-order valence-electron chi connectivity index (χ0n) is 9.70. The van der Waals surface area contributed by atoms with Crippen molar-refractivity contribution in [3.05, 3.63) is 18.1 Å². The number of nitrogens with two attached hydrogens (primary N) is 1. The Balaban J connectivity index is 3.13. The van der Waals surface area contributed by atoms with E-state index in [0.717, 1.165) is 11.3 Å². The van der Waals surface area contributed by atoms with E-state index in [4.69, 9.17) is 5.73 Å². The lowest BCUT2D eigenvalue weighted by atomic mass is 10.2. The molecule has 1 aromatic rings. The molecule has 0 saturated carbocycles. The number of hydrogen-bond acceptors (Lipinski definition) is 2. The van der Waals surface area contributed by atoms with Crippen LogP contribution in [0.4, 0.5) is 5.69 Å². The lowest BCUT2D eigenvalue weighted by Gasteiger charge is -2.02. The first-order valence-electron chi connectivity index (χ1n) is 4.83. The van der Waals surface area contributed by atoms with Crippen LogP contribution in [0.1, 0.15) is 5.69 Å². The van der Waals surface area contributed by atoms with Crippen molar-refractivity contribution in [2.45, 2.75) is 0 Å². The van der Waals surface area contributed by atoms with Gasteiger partial charge in [0.15, 0.2) is 6.21 Å². The highest BCUT2D eigenvalue weighted by atomic mass is 15.1. The molecule has 0 aliphatic heterocycles. The minimum absolute atomic E-state index is 0.667. The zero-order chi connectivity index (χ0) is 11.4. The molecule has 0 unspecified atom stereocenters. The highest BCUT2D eigenvalue weighted by molar-refractivity contribution is 6.08. The van der Waals surface area contributed by atoms with E-state index in [1.807, 2.05) is 24.9 Å². The first kappa shape index (κ1) is 11.5. The Labute approximate surface area is 89.9 Å². The van der Waals surface area contributed by atoms with Gasteiger partial charge in [0.1, 0.15) is 25.9 Å². The molecule has 0 saturated heterocycles. The van der Waals surface area contributed by atoms with Crippen LogP contribution in [0.2, 0.25) is 0 Å². The molecular formula is C10H19N5+2. The second-order valence-electron chi connectivity index (χ2n) is 3.97. The number of quaternary nitrogens is 1. The molecule has 0 radical (unpaired) electrons. The van der Waals surface area contributed by atoms with Gasteiger partial charge in [0.2, 0.25) is 0 Å². The Morgan fingerprint density at radius 1 is 1.53 bits per heavy atom. The van der Waals surface area contributed by atoms with Crippen molar-refractivity contribution in [3.8, 4) is 0 Å². The van der Waals surface area contributed by atoms with Crippen LogP contribution in [-0.2, 0) is 0 Å². The predicted octanol–water partition coefficient (Wildman–Crippen LogP) is -1.18. The highest BCUT2D eigenvalue weighted by Gasteiger charge is 2.11. The van der Waals surface area contributed by atoms with Crippen molar-refractivity contribution >= 4 is 17.5 Å². The number of rotatable bonds is 3. The number of nitrogens with zero attached hydrogens (tertiary/aromatic N) is 2. The van der Waals surface area contributed by atoms with E-state index >= 15 is 0 Å². The summed E-state index contributed by atoms with van der Waals surface area (Å²) in [7, 11) is 8.06. The maximum absolute atomic E-state index is 5.81. The average Bonchev–Trinajstić information content (AvgIpc) is 2.48. The molecule has 15 heavy (non-hydrogen) atoms. The molecule has 1 heterocycles. The van der Waals surface area contributed by atoms with Crippen LogP contribution in [0.15, 0.2) is 12.4 Å². The van der Waals surface area contributed by atoms with Gasteiger partial charge < -0.3 is 10.6 Å². The van der Waals surface area contributed by atoms with Crippen LogP contribution < -0.4 is 10.6 Å². The number of anilines is 1. The van der Waals surface area contributed by atoms with E-state index < -0.39 is 0 Å². The maximum atomic E-state index is 5.81. The SMILES string of the molecule is C[N+](C)=CC(=C[NH+](C)C)c1[nH]ncc1N. The third-order valence-electron chi connectivity index (χ3n) is 1.80. The van der Waals surface area contributed by atoms with E-state index in [1.54, 1.807) is 6.20 Å². The summed E-state index contributed by atoms with van der Waals surface area (Å²) in [4.78, 5) is 1.22. The Morgan fingerprint density at radius 3 is 2.60 bits per heavy atom. The normalized spacial score (nSPS) is 11.9. The molecule has 5 heteroatoms. The second-order valence-corrected chi connectivity index (χ2v) is 3.97. The van der Waals surface area contributed by atoms with Crippen molar-refractivity contribution in [1.82, 2.24) is 10.2 Å². The van der Waals surface area contributed by atoms with Crippen molar-refractivity contribution in [3.63, 3.8) is 0 Å². The van der Waals surface area contributed by atoms with Gasteiger partial charge in [-0.05, 0) is 0 Å². The number of nitrogen functional groups attached to an aromatic ring is 1. The van der Waals surface area contributed by atoms with Crippen molar-refractivity contribution < 1.29 is 9.48 Å². The van der Waals surface area contributed by atoms with E-state index in [1.165, 1.54) is 4.90 Å². The van der Waals surface area contributed by atoms with Gasteiger partial charge in [-0.1, -0.05) is 0 Å². The summed E-state index contributed by atoms with van der Waals surface area (Å²) in [5.74, 6) is 0. The lowest BCUT2D eigenvalue weighted by molar-refractivity contribution is -0.800. The molecule has 0 aromatic carbocycles. The molecular weight excluding hydrogens is 190 g/mol. The molecule has 0 fully saturated rings. The first-order valence-corrected chi connectivity index (χ1v) is 4.83. The minimum atomic E-state index is 0.667. The van der Waals surface area contributed by atoms with E-state index in [0.29, 0.717) is 5.69 Å². The number of allylic oxidation sites excluding steroid dienone is 1. The summed E-state index contributed by atoms with van der Waals surface area (Å²) in [5, 5.41) is 6.82. The molecule has 1 aromatic heterocycles. The number of hydrogen-bond donors (Lipinski definition) is 3. The van der Waals surface area contributed by atoms with Gasteiger partial charge in [-0.3, -0.25) is 5.10 Å². The fourth-order valence-corrected chi connectivity index (χ4v) is 1.29. The Morgan fingerprint density at radius 2 is 2.20 bits per heavy atom. The van der Waals surface area contributed by atoms with Gasteiger partial charge in [-0.15, -0.1) is 0 Å². The number of H-pyrrole nitrogens is 1. The first-order chi connectivity index (χ1) is 7.00. The average molecular weight is 209 g/mol. The van der Waals surface area contributed by atoms with Crippen LogP contribution in [0.5, 0.6) is 0 Å². The lowest BCUT2D eigenvalue weighted by Crippen LogP contribution is -3.00. The quantitative estimate of drug-likeness (QED) is 0.433. The Kier molecular flexibility index (Phi) is 3.62. The van der Waals surface area contributed by atoms with Gasteiger partial charge in [0.05, 0.1) is 31.7 Å². The number of aromatic amines is 1. The van der Waals surface area contributed by atoms with Crippen LogP contribution in [0, 0.1) is 0 Å². The highest BCUT2D eigenvalue weighted by Crippen LogP contribution is 2.14. The Bertz CT molecular complexity index is 382. The zero-order valence-corrected chi connectivity index (χ0v) is 9.70. The molecule has 0 spiro atoms. The molecule has 4 N–H and O–H groups in total. The summed E-state index contributed by atoms with van der Waals surface area (Å²) in [6, 6.07) is 0. The van der Waals surface area contributed by atoms with Crippen molar-refractivity contribution in [1.29, 1.82) is 0 Å². The van der Waals surface area contributed by atoms with Gasteiger partial charge in [-0.2, -0.15) is 5.10 Å². The molecule has 0 aliphatic carbocycles. The van der Waals surface area contributed by atoms with Gasteiger partial charge in [-0.25, -0.2) is 4.58 Å². The van der Waals surface area contributed by atoms with Crippen molar-refractivity contribution in [2.75, 3.05) is 33.9 Å². The van der Waals surface area contributed by atoms with Crippen LogP contribution in [-0.4, -0.2) is 49.2 Å². The van der Waals surface area contributed by atoms with E-state index in [9.17, 15) is 0 Å². The molecule has 1 rings (SSSR count). The monoisotopic (exact) mass is 209 g/mol. The molecule has 0 aliphatic rings. The van der Waals surface area contributed by atoms with Gasteiger partial charge in [0, 0.05) is 0 Å². The third-order valence-corrected chi connectivity index (χ3v) is 1.80. The molecule has 0 bridgehead atoms. The van der Waals surface area contributed by atoms with Crippen LogP contribution in [0.3, 0.4) is 0 Å². The van der Waals surface area contributed by atoms with E-state index in [-0.39, 0.29) is 0 Å². The van der Waals surface area contributed by atoms with Crippen LogP contribution >= 0.6 is 0 Å². The smallest absolute Gasteiger partial charge is 0.177 e. The number of aromatic nitrogens is 2. The minimum Gasteiger partial charge on any atom is -0.396 e. The summed E-state index contributed by atoms with van der Waals surface area (Å²) >= 11 is 0. The predicted molar refractivity (Wildman–Crippen MR) is 62.0 cm³/mol. The fourth-order valence-electron chi connectivity index (χ4n) is 1.29. The molecule has 5 nitrogen and oxygen atoms in total. The maximum Gasteiger partial charge on any atom is 0.177 e.